The lowest BCUT2D eigenvalue weighted by Gasteiger charge is -2.20. The summed E-state index contributed by atoms with van der Waals surface area (Å²) >= 11 is 0. The highest BCUT2D eigenvalue weighted by Gasteiger charge is 2.15. The first-order valence-electron chi connectivity index (χ1n) is 3.24. The zero-order valence-corrected chi connectivity index (χ0v) is 6.35. The molecule has 0 saturated carbocycles. The molecule has 1 atom stereocenters. The Morgan fingerprint density at radius 1 is 1.67 bits per heavy atom. The van der Waals surface area contributed by atoms with Crippen LogP contribution in [0.3, 0.4) is 0 Å². The molecule has 0 spiro atoms. The van der Waals surface area contributed by atoms with Gasteiger partial charge >= 0.3 is 0 Å². The summed E-state index contributed by atoms with van der Waals surface area (Å²) in [5.41, 5.74) is 0.168. The van der Waals surface area contributed by atoms with E-state index in [1.807, 2.05) is 6.08 Å². The molecule has 0 radical (unpaired) electrons. The van der Waals surface area contributed by atoms with Gasteiger partial charge in [-0.05, 0) is 13.1 Å². The van der Waals surface area contributed by atoms with E-state index >= 15 is 0 Å². The van der Waals surface area contributed by atoms with Crippen LogP contribution in [-0.4, -0.2) is 13.3 Å². The van der Waals surface area contributed by atoms with Crippen molar-refractivity contribution in [3.05, 3.63) is 12.7 Å². The summed E-state index contributed by atoms with van der Waals surface area (Å²) in [6.45, 7) is 12.2. The Hall–Kier alpha value is -0.590. The molecule has 0 aromatic heterocycles. The highest BCUT2D eigenvalue weighted by atomic mass is 14.7. The van der Waals surface area contributed by atoms with Crippen LogP contribution in [0.5, 0.6) is 0 Å². The van der Waals surface area contributed by atoms with Gasteiger partial charge in [0.2, 0.25) is 0 Å². The second-order valence-corrected chi connectivity index (χ2v) is 2.59. The Morgan fingerprint density at radius 2 is 2.22 bits per heavy atom. The third kappa shape index (κ3) is 2.45. The smallest absolute Gasteiger partial charge is 0.0470 e. The van der Waals surface area contributed by atoms with E-state index in [1.165, 1.54) is 0 Å². The van der Waals surface area contributed by atoms with Crippen LogP contribution in [0.25, 0.3) is 0 Å². The molecule has 52 valence electrons. The molecule has 0 N–H and O–H groups in total. The number of rotatable bonds is 4. The molecule has 0 aromatic carbocycles. The van der Waals surface area contributed by atoms with E-state index in [-0.39, 0.29) is 5.41 Å². The number of aliphatic imine (C=N–C) groups is 1. The second-order valence-electron chi connectivity index (χ2n) is 2.59. The van der Waals surface area contributed by atoms with Crippen LogP contribution in [-0.2, 0) is 0 Å². The fourth-order valence-corrected chi connectivity index (χ4v) is 0.576. The molecule has 0 aliphatic carbocycles. The van der Waals surface area contributed by atoms with E-state index < -0.39 is 0 Å². The van der Waals surface area contributed by atoms with Crippen molar-refractivity contribution in [2.75, 3.05) is 6.54 Å². The van der Waals surface area contributed by atoms with Crippen molar-refractivity contribution in [2.45, 2.75) is 20.3 Å². The summed E-state index contributed by atoms with van der Waals surface area (Å²) in [5.74, 6) is 0. The van der Waals surface area contributed by atoms with Gasteiger partial charge in [-0.25, -0.2) is 0 Å². The van der Waals surface area contributed by atoms with E-state index in [0.717, 1.165) is 13.0 Å². The summed E-state index contributed by atoms with van der Waals surface area (Å²) < 4.78 is 0. The van der Waals surface area contributed by atoms with Crippen molar-refractivity contribution in [2.24, 2.45) is 10.4 Å². The van der Waals surface area contributed by atoms with Gasteiger partial charge in [0.05, 0.1) is 0 Å². The van der Waals surface area contributed by atoms with Gasteiger partial charge < -0.3 is 4.99 Å². The summed E-state index contributed by atoms with van der Waals surface area (Å²) in [6.07, 6.45) is 3.02. The predicted octanol–water partition coefficient (Wildman–Crippen LogP) is 2.29. The molecule has 1 unspecified atom stereocenters. The van der Waals surface area contributed by atoms with Crippen molar-refractivity contribution in [1.82, 2.24) is 0 Å². The molecule has 0 fully saturated rings. The molecule has 0 rings (SSSR count). The third-order valence-corrected chi connectivity index (χ3v) is 1.77. The van der Waals surface area contributed by atoms with Crippen LogP contribution in [0.4, 0.5) is 0 Å². The molecule has 0 heterocycles. The SMILES string of the molecule is C=CC(C)(CC)CN=C. The van der Waals surface area contributed by atoms with Crippen LogP contribution in [0.15, 0.2) is 17.6 Å². The molecule has 1 heteroatoms. The minimum Gasteiger partial charge on any atom is -0.300 e. The number of nitrogens with zero attached hydrogens (tertiary/aromatic N) is 1. The van der Waals surface area contributed by atoms with Gasteiger partial charge in [-0.2, -0.15) is 0 Å². The Morgan fingerprint density at radius 3 is 2.33 bits per heavy atom. The maximum atomic E-state index is 3.83. The lowest BCUT2D eigenvalue weighted by atomic mass is 9.88. The van der Waals surface area contributed by atoms with Gasteiger partial charge in [0.1, 0.15) is 0 Å². The van der Waals surface area contributed by atoms with Gasteiger partial charge in [-0.3, -0.25) is 0 Å². The molecular formula is C8H15N. The summed E-state index contributed by atoms with van der Waals surface area (Å²) in [7, 11) is 0. The van der Waals surface area contributed by atoms with Gasteiger partial charge in [-0.1, -0.05) is 19.9 Å². The molecule has 0 aliphatic rings. The van der Waals surface area contributed by atoms with Crippen LogP contribution in [0, 0.1) is 5.41 Å². The number of hydrogen-bond acceptors (Lipinski definition) is 1. The predicted molar refractivity (Wildman–Crippen MR) is 43.0 cm³/mol. The zero-order chi connectivity index (χ0) is 7.33. The maximum absolute atomic E-state index is 3.83. The third-order valence-electron chi connectivity index (χ3n) is 1.77. The lowest BCUT2D eigenvalue weighted by Crippen LogP contribution is -2.14. The van der Waals surface area contributed by atoms with Gasteiger partial charge in [0.15, 0.2) is 0 Å². The van der Waals surface area contributed by atoms with Crippen molar-refractivity contribution in [1.29, 1.82) is 0 Å². The van der Waals surface area contributed by atoms with Gasteiger partial charge in [0.25, 0.3) is 0 Å². The highest BCUT2D eigenvalue weighted by molar-refractivity contribution is 5.23. The Bertz CT molecular complexity index is 107. The summed E-state index contributed by atoms with van der Waals surface area (Å²) in [5, 5.41) is 0. The first-order chi connectivity index (χ1) is 4.18. The molecule has 0 amide bonds. The molecule has 0 aliphatic heterocycles. The Labute approximate surface area is 57.5 Å². The van der Waals surface area contributed by atoms with Crippen molar-refractivity contribution < 1.29 is 0 Å². The van der Waals surface area contributed by atoms with Crippen molar-refractivity contribution in [3.8, 4) is 0 Å². The molecule has 0 bridgehead atoms. The first kappa shape index (κ1) is 8.41. The summed E-state index contributed by atoms with van der Waals surface area (Å²) in [6, 6.07) is 0. The largest absolute Gasteiger partial charge is 0.300 e. The monoisotopic (exact) mass is 125 g/mol. The Kier molecular flexibility index (Phi) is 3.21. The lowest BCUT2D eigenvalue weighted by molar-refractivity contribution is 0.428. The average molecular weight is 125 g/mol. The Balaban J connectivity index is 3.90. The normalized spacial score (nSPS) is 16.2. The quantitative estimate of drug-likeness (QED) is 0.404. The van der Waals surface area contributed by atoms with Crippen molar-refractivity contribution >= 4 is 6.72 Å². The topological polar surface area (TPSA) is 12.4 Å². The molecule has 9 heavy (non-hydrogen) atoms. The highest BCUT2D eigenvalue weighted by Crippen LogP contribution is 2.21. The zero-order valence-electron chi connectivity index (χ0n) is 6.35. The maximum Gasteiger partial charge on any atom is 0.0470 e. The fourth-order valence-electron chi connectivity index (χ4n) is 0.576. The van der Waals surface area contributed by atoms with Crippen LogP contribution in [0.2, 0.25) is 0 Å². The first-order valence-corrected chi connectivity index (χ1v) is 3.24. The minimum absolute atomic E-state index is 0.168. The van der Waals surface area contributed by atoms with Gasteiger partial charge in [-0.15, -0.1) is 6.58 Å². The second kappa shape index (κ2) is 3.44. The standard InChI is InChI=1S/C8H15N/c1-5-8(3,6-2)7-9-4/h5H,1,4,6-7H2,2-3H3. The minimum atomic E-state index is 0.168. The van der Waals surface area contributed by atoms with Crippen molar-refractivity contribution in [3.63, 3.8) is 0 Å². The molecule has 0 aromatic rings. The van der Waals surface area contributed by atoms with Gasteiger partial charge in [0, 0.05) is 12.0 Å². The van der Waals surface area contributed by atoms with E-state index in [1.54, 1.807) is 0 Å². The van der Waals surface area contributed by atoms with Crippen LogP contribution >= 0.6 is 0 Å². The molecule has 1 nitrogen and oxygen atoms in total. The molecule has 0 saturated heterocycles. The van der Waals surface area contributed by atoms with E-state index in [4.69, 9.17) is 0 Å². The summed E-state index contributed by atoms with van der Waals surface area (Å²) in [4.78, 5) is 3.83. The van der Waals surface area contributed by atoms with E-state index in [2.05, 4.69) is 32.1 Å². The van der Waals surface area contributed by atoms with Crippen LogP contribution < -0.4 is 0 Å². The van der Waals surface area contributed by atoms with E-state index in [9.17, 15) is 0 Å². The molecular weight excluding hydrogens is 110 g/mol. The number of hydrogen-bond donors (Lipinski definition) is 0. The average Bonchev–Trinajstić information content (AvgIpc) is 1.89. The van der Waals surface area contributed by atoms with E-state index in [0.29, 0.717) is 0 Å². The van der Waals surface area contributed by atoms with Crippen LogP contribution in [0.1, 0.15) is 20.3 Å². The fraction of sp³-hybridized carbons (Fsp3) is 0.625.